The molecule has 3 rings (SSSR count). The van der Waals surface area contributed by atoms with Crippen molar-refractivity contribution < 1.29 is 9.59 Å². The minimum Gasteiger partial charge on any atom is -0.368 e. The van der Waals surface area contributed by atoms with Crippen molar-refractivity contribution in [2.24, 2.45) is 5.73 Å². The number of nitrogens with one attached hydrogen (secondary N) is 3. The Morgan fingerprint density at radius 3 is 2.63 bits per heavy atom. The van der Waals surface area contributed by atoms with Crippen LogP contribution in [0.5, 0.6) is 0 Å². The number of hydrogen-bond acceptors (Lipinski definition) is 7. The maximum absolute atomic E-state index is 12.8. The van der Waals surface area contributed by atoms with Crippen LogP contribution in [0.4, 0.5) is 11.9 Å². The molecule has 9 nitrogen and oxygen atoms in total. The Labute approximate surface area is 161 Å². The van der Waals surface area contributed by atoms with E-state index in [1.54, 1.807) is 0 Å². The van der Waals surface area contributed by atoms with E-state index in [-0.39, 0.29) is 17.1 Å². The van der Waals surface area contributed by atoms with Crippen LogP contribution in [0.3, 0.4) is 0 Å². The molecule has 2 amide bonds. The molecule has 27 heavy (non-hydrogen) atoms. The molecule has 0 saturated heterocycles. The van der Waals surface area contributed by atoms with Crippen molar-refractivity contribution in [3.8, 4) is 0 Å². The fourth-order valence-electron chi connectivity index (χ4n) is 2.77. The number of nitrogens with zero attached hydrogens (tertiary/aromatic N) is 3. The first-order valence-electron chi connectivity index (χ1n) is 8.57. The van der Waals surface area contributed by atoms with E-state index in [0.29, 0.717) is 31.8 Å². The van der Waals surface area contributed by atoms with E-state index in [0.717, 1.165) is 5.56 Å². The monoisotopic (exact) mass is 389 g/mol. The van der Waals surface area contributed by atoms with Crippen LogP contribution in [-0.4, -0.2) is 45.4 Å². The molecular weight excluding hydrogens is 370 g/mol. The van der Waals surface area contributed by atoms with Crippen LogP contribution in [0, 0.1) is 0 Å². The topological polar surface area (TPSA) is 135 Å². The number of primary amides is 1. The van der Waals surface area contributed by atoms with Gasteiger partial charge in [-0.05, 0) is 30.0 Å². The third kappa shape index (κ3) is 5.27. The van der Waals surface area contributed by atoms with E-state index in [1.807, 2.05) is 30.3 Å². The zero-order valence-electron chi connectivity index (χ0n) is 14.5. The molecule has 142 valence electrons. The second-order valence-electron chi connectivity index (χ2n) is 6.17. The molecule has 2 heterocycles. The van der Waals surface area contributed by atoms with Gasteiger partial charge in [-0.3, -0.25) is 9.59 Å². The van der Waals surface area contributed by atoms with E-state index in [4.69, 9.17) is 17.3 Å². The molecule has 0 fully saturated rings. The number of hydrogen-bond donors (Lipinski definition) is 4. The third-order valence-electron chi connectivity index (χ3n) is 4.12. The predicted octanol–water partition coefficient (Wildman–Crippen LogP) is 0.724. The smallest absolute Gasteiger partial charge is 0.243 e. The van der Waals surface area contributed by atoms with Crippen LogP contribution in [0.2, 0.25) is 5.28 Å². The average molecular weight is 390 g/mol. The van der Waals surface area contributed by atoms with Gasteiger partial charge in [0.05, 0.1) is 0 Å². The van der Waals surface area contributed by atoms with Crippen molar-refractivity contribution in [1.29, 1.82) is 0 Å². The van der Waals surface area contributed by atoms with Crippen molar-refractivity contribution >= 4 is 35.3 Å². The van der Waals surface area contributed by atoms with Crippen LogP contribution in [-0.2, 0) is 16.0 Å². The van der Waals surface area contributed by atoms with Crippen molar-refractivity contribution in [1.82, 2.24) is 20.3 Å². The summed E-state index contributed by atoms with van der Waals surface area (Å²) in [5.74, 6) is -0.471. The number of amides is 2. The van der Waals surface area contributed by atoms with E-state index in [9.17, 15) is 9.59 Å². The van der Waals surface area contributed by atoms with Crippen molar-refractivity contribution in [3.05, 3.63) is 41.2 Å². The lowest BCUT2D eigenvalue weighted by molar-refractivity contribution is -0.128. The van der Waals surface area contributed by atoms with Gasteiger partial charge < -0.3 is 21.7 Å². The lowest BCUT2D eigenvalue weighted by Crippen LogP contribution is -2.50. The van der Waals surface area contributed by atoms with Crippen LogP contribution in [0.25, 0.3) is 0 Å². The van der Waals surface area contributed by atoms with Gasteiger partial charge in [-0.15, -0.1) is 0 Å². The summed E-state index contributed by atoms with van der Waals surface area (Å²) < 4.78 is 0. The molecule has 1 aliphatic rings. The number of anilines is 2. The number of carbonyl (C=O) groups is 2. The second-order valence-corrected chi connectivity index (χ2v) is 6.51. The molecule has 10 heteroatoms. The standard InChI is InChI=1S/C17H20ClN7O2/c18-15-23-16-20-8-4-7-11(13(19)26)21-14(27)12(22-17(24-15)25-16)9-10-5-2-1-3-6-10/h1-3,5-6,11-12H,4,7-9H2,(H2,19,26)(H,21,27)(H2,20,22,23,24,25)/t11-,12+/m1/s1. The first-order valence-corrected chi connectivity index (χ1v) is 8.94. The van der Waals surface area contributed by atoms with E-state index < -0.39 is 18.0 Å². The van der Waals surface area contributed by atoms with Gasteiger partial charge in [-0.2, -0.15) is 15.0 Å². The molecule has 0 saturated carbocycles. The Hall–Kier alpha value is -2.94. The van der Waals surface area contributed by atoms with Crippen LogP contribution < -0.4 is 21.7 Å². The van der Waals surface area contributed by atoms with E-state index in [1.165, 1.54) is 0 Å². The summed E-state index contributed by atoms with van der Waals surface area (Å²) in [4.78, 5) is 36.8. The Balaban J connectivity index is 1.90. The van der Waals surface area contributed by atoms with Gasteiger partial charge in [0, 0.05) is 13.0 Å². The molecule has 5 N–H and O–H groups in total. The first kappa shape index (κ1) is 18.8. The summed E-state index contributed by atoms with van der Waals surface area (Å²) in [5.41, 5.74) is 6.37. The molecule has 2 atom stereocenters. The van der Waals surface area contributed by atoms with Gasteiger partial charge in [-0.25, -0.2) is 0 Å². The summed E-state index contributed by atoms with van der Waals surface area (Å²) in [6, 6.07) is 8.00. The van der Waals surface area contributed by atoms with Crippen molar-refractivity contribution in [2.45, 2.75) is 31.3 Å². The number of aromatic nitrogens is 3. The van der Waals surface area contributed by atoms with Gasteiger partial charge in [-0.1, -0.05) is 30.3 Å². The maximum Gasteiger partial charge on any atom is 0.243 e. The fraction of sp³-hybridized carbons (Fsp3) is 0.353. The number of carbonyl (C=O) groups excluding carboxylic acids is 2. The van der Waals surface area contributed by atoms with Gasteiger partial charge in [0.1, 0.15) is 12.1 Å². The summed E-state index contributed by atoms with van der Waals surface area (Å²) in [7, 11) is 0. The molecule has 1 aromatic carbocycles. The highest BCUT2D eigenvalue weighted by Crippen LogP contribution is 2.14. The molecular formula is C17H20ClN7O2. The normalized spacial score (nSPS) is 20.3. The Bertz CT molecular complexity index is 818. The second kappa shape index (κ2) is 8.63. The first-order chi connectivity index (χ1) is 13.0. The van der Waals surface area contributed by atoms with Gasteiger partial charge in [0.25, 0.3) is 0 Å². The van der Waals surface area contributed by atoms with Gasteiger partial charge in [0.15, 0.2) is 0 Å². The molecule has 2 aromatic rings. The number of nitrogens with two attached hydrogens (primary N) is 1. The molecule has 0 aliphatic carbocycles. The lowest BCUT2D eigenvalue weighted by atomic mass is 10.0. The molecule has 1 aliphatic heterocycles. The number of rotatable bonds is 3. The SMILES string of the molecule is NC(=O)[C@H]1CCCNc2nc(Cl)nc(n2)N[C@@H](Cc2ccccc2)C(=O)N1. The number of halogens is 1. The van der Waals surface area contributed by atoms with E-state index >= 15 is 0 Å². The number of fused-ring (bicyclic) bond motifs is 2. The van der Waals surface area contributed by atoms with Crippen LogP contribution in [0.1, 0.15) is 18.4 Å². The minimum absolute atomic E-state index is 0.0148. The van der Waals surface area contributed by atoms with Crippen LogP contribution in [0.15, 0.2) is 30.3 Å². The van der Waals surface area contributed by atoms with Gasteiger partial charge in [0.2, 0.25) is 29.0 Å². The van der Waals surface area contributed by atoms with Crippen molar-refractivity contribution in [3.63, 3.8) is 0 Å². The molecule has 0 spiro atoms. The fourth-order valence-corrected chi connectivity index (χ4v) is 2.93. The Kier molecular flexibility index (Phi) is 6.02. The van der Waals surface area contributed by atoms with Gasteiger partial charge >= 0.3 is 0 Å². The summed E-state index contributed by atoms with van der Waals surface area (Å²) in [6.45, 7) is 0.493. The summed E-state index contributed by atoms with van der Waals surface area (Å²) in [6.07, 6.45) is 1.35. The molecule has 2 bridgehead atoms. The molecule has 0 radical (unpaired) electrons. The molecule has 0 unspecified atom stereocenters. The van der Waals surface area contributed by atoms with Crippen LogP contribution >= 0.6 is 11.6 Å². The predicted molar refractivity (Wildman–Crippen MR) is 101 cm³/mol. The zero-order valence-corrected chi connectivity index (χ0v) is 15.2. The zero-order chi connectivity index (χ0) is 19.2. The highest BCUT2D eigenvalue weighted by Gasteiger charge is 2.26. The Morgan fingerprint density at radius 2 is 1.89 bits per heavy atom. The minimum atomic E-state index is -0.755. The largest absolute Gasteiger partial charge is 0.368 e. The number of benzene rings is 1. The van der Waals surface area contributed by atoms with E-state index in [2.05, 4.69) is 30.9 Å². The maximum atomic E-state index is 12.8. The highest BCUT2D eigenvalue weighted by molar-refractivity contribution is 6.28. The summed E-state index contributed by atoms with van der Waals surface area (Å²) in [5, 5.41) is 8.75. The highest BCUT2D eigenvalue weighted by atomic mass is 35.5. The quantitative estimate of drug-likeness (QED) is 0.607. The van der Waals surface area contributed by atoms with Crippen molar-refractivity contribution in [2.75, 3.05) is 17.2 Å². The molecule has 1 aromatic heterocycles. The third-order valence-corrected chi connectivity index (χ3v) is 4.29. The average Bonchev–Trinajstić information content (AvgIpc) is 2.63. The lowest BCUT2D eigenvalue weighted by Gasteiger charge is -2.23. The summed E-state index contributed by atoms with van der Waals surface area (Å²) >= 11 is 5.96. The Morgan fingerprint density at radius 1 is 1.15 bits per heavy atom.